The zero-order chi connectivity index (χ0) is 14.6. The summed E-state index contributed by atoms with van der Waals surface area (Å²) in [5.41, 5.74) is 5.93. The summed E-state index contributed by atoms with van der Waals surface area (Å²) in [4.78, 5) is -0.0196. The number of terminal acetylenes is 1. The average Bonchev–Trinajstić information content (AvgIpc) is 2.32. The van der Waals surface area contributed by atoms with Gasteiger partial charge in [-0.2, -0.15) is 4.72 Å². The highest BCUT2D eigenvalue weighted by molar-refractivity contribution is 9.10. The van der Waals surface area contributed by atoms with Gasteiger partial charge in [0.1, 0.15) is 0 Å². The van der Waals surface area contributed by atoms with Crippen LogP contribution in [0.2, 0.25) is 5.02 Å². The SMILES string of the molecule is C#CC(CCC)NS(=O)(=O)c1cc(Cl)cc(N)c1Br. The number of nitrogens with one attached hydrogen (secondary N) is 1. The molecule has 19 heavy (non-hydrogen) atoms. The van der Waals surface area contributed by atoms with Gasteiger partial charge in [0.25, 0.3) is 0 Å². The Morgan fingerprint density at radius 2 is 2.21 bits per heavy atom. The Morgan fingerprint density at radius 3 is 2.74 bits per heavy atom. The number of rotatable bonds is 5. The molecule has 0 aliphatic rings. The Morgan fingerprint density at radius 1 is 1.58 bits per heavy atom. The molecule has 0 aromatic heterocycles. The first-order chi connectivity index (χ1) is 8.81. The Bertz CT molecular complexity index is 611. The van der Waals surface area contributed by atoms with E-state index in [0.29, 0.717) is 6.42 Å². The summed E-state index contributed by atoms with van der Waals surface area (Å²) in [6.07, 6.45) is 6.64. The van der Waals surface area contributed by atoms with Crippen LogP contribution < -0.4 is 10.5 Å². The van der Waals surface area contributed by atoms with Crippen molar-refractivity contribution in [2.45, 2.75) is 30.7 Å². The Balaban J connectivity index is 3.18. The van der Waals surface area contributed by atoms with Gasteiger partial charge in [0.15, 0.2) is 0 Å². The number of nitrogens with two attached hydrogens (primary N) is 1. The van der Waals surface area contributed by atoms with E-state index in [1.807, 2.05) is 6.92 Å². The van der Waals surface area contributed by atoms with Crippen molar-refractivity contribution in [3.05, 3.63) is 21.6 Å². The zero-order valence-corrected chi connectivity index (χ0v) is 13.4. The van der Waals surface area contributed by atoms with E-state index in [2.05, 4.69) is 26.6 Å². The van der Waals surface area contributed by atoms with E-state index >= 15 is 0 Å². The van der Waals surface area contributed by atoms with Crippen LogP contribution in [0.4, 0.5) is 5.69 Å². The molecule has 1 unspecified atom stereocenters. The van der Waals surface area contributed by atoms with Crippen LogP contribution in [0.1, 0.15) is 19.8 Å². The lowest BCUT2D eigenvalue weighted by Gasteiger charge is -2.14. The molecule has 0 radical (unpaired) electrons. The normalized spacial score (nSPS) is 12.9. The summed E-state index contributed by atoms with van der Waals surface area (Å²) in [7, 11) is -3.77. The molecule has 1 aromatic rings. The quantitative estimate of drug-likeness (QED) is 0.622. The van der Waals surface area contributed by atoms with Crippen LogP contribution in [0.25, 0.3) is 0 Å². The predicted molar refractivity (Wildman–Crippen MR) is 81.4 cm³/mol. The number of anilines is 1. The lowest BCUT2D eigenvalue weighted by atomic mass is 10.2. The standard InChI is InChI=1S/C12H14BrClN2O2S/c1-3-5-9(4-2)16-19(17,18)11-7-8(14)6-10(15)12(11)13/h2,6-7,9,16H,3,5,15H2,1H3. The smallest absolute Gasteiger partial charge is 0.242 e. The monoisotopic (exact) mass is 364 g/mol. The Kier molecular flexibility index (Phi) is 5.68. The number of hydrogen-bond acceptors (Lipinski definition) is 3. The van der Waals surface area contributed by atoms with Crippen molar-refractivity contribution in [1.82, 2.24) is 4.72 Å². The number of halogens is 2. The summed E-state index contributed by atoms with van der Waals surface area (Å²) < 4.78 is 27.2. The lowest BCUT2D eigenvalue weighted by Crippen LogP contribution is -2.33. The van der Waals surface area contributed by atoms with Crippen molar-refractivity contribution < 1.29 is 8.42 Å². The van der Waals surface area contributed by atoms with Gasteiger partial charge in [-0.3, -0.25) is 0 Å². The molecule has 0 heterocycles. The number of hydrogen-bond donors (Lipinski definition) is 2. The first-order valence-electron chi connectivity index (χ1n) is 5.54. The number of benzene rings is 1. The van der Waals surface area contributed by atoms with Gasteiger partial charge < -0.3 is 5.73 Å². The molecule has 0 saturated carbocycles. The maximum absolute atomic E-state index is 12.3. The number of sulfonamides is 1. The van der Waals surface area contributed by atoms with Gasteiger partial charge in [-0.25, -0.2) is 8.42 Å². The van der Waals surface area contributed by atoms with Crippen molar-refractivity contribution in [2.75, 3.05) is 5.73 Å². The summed E-state index contributed by atoms with van der Waals surface area (Å²) in [5, 5.41) is 0.244. The topological polar surface area (TPSA) is 72.2 Å². The third kappa shape index (κ3) is 4.11. The second-order valence-electron chi connectivity index (χ2n) is 3.94. The molecule has 0 bridgehead atoms. The van der Waals surface area contributed by atoms with E-state index in [9.17, 15) is 8.42 Å². The minimum atomic E-state index is -3.77. The maximum atomic E-state index is 12.3. The molecule has 0 fully saturated rings. The summed E-state index contributed by atoms with van der Waals surface area (Å²) in [5.74, 6) is 2.41. The highest BCUT2D eigenvalue weighted by atomic mass is 79.9. The van der Waals surface area contributed by atoms with E-state index in [1.165, 1.54) is 12.1 Å². The second kappa shape index (κ2) is 6.62. The van der Waals surface area contributed by atoms with E-state index in [-0.39, 0.29) is 20.1 Å². The van der Waals surface area contributed by atoms with Gasteiger partial charge in [0.05, 0.1) is 15.4 Å². The van der Waals surface area contributed by atoms with Crippen molar-refractivity contribution in [3.8, 4) is 12.3 Å². The van der Waals surface area contributed by atoms with Gasteiger partial charge in [0.2, 0.25) is 10.0 Å². The fourth-order valence-electron chi connectivity index (χ4n) is 1.50. The van der Waals surface area contributed by atoms with Crippen molar-refractivity contribution >= 4 is 43.2 Å². The third-order valence-electron chi connectivity index (χ3n) is 2.40. The molecule has 0 amide bonds. The molecular weight excluding hydrogens is 352 g/mol. The molecule has 4 nitrogen and oxygen atoms in total. The fraction of sp³-hybridized carbons (Fsp3) is 0.333. The van der Waals surface area contributed by atoms with Gasteiger partial charge in [-0.1, -0.05) is 30.9 Å². The highest BCUT2D eigenvalue weighted by Gasteiger charge is 2.22. The molecule has 0 saturated heterocycles. The molecule has 0 aliphatic carbocycles. The van der Waals surface area contributed by atoms with E-state index in [4.69, 9.17) is 23.8 Å². The van der Waals surface area contributed by atoms with Crippen LogP contribution in [0, 0.1) is 12.3 Å². The summed E-state index contributed by atoms with van der Waals surface area (Å²) >= 11 is 8.97. The Hall–Kier alpha value is -0.740. The van der Waals surface area contributed by atoms with Crippen LogP contribution in [-0.2, 0) is 10.0 Å². The Labute approximate surface area is 126 Å². The van der Waals surface area contributed by atoms with Gasteiger partial charge >= 0.3 is 0 Å². The highest BCUT2D eigenvalue weighted by Crippen LogP contribution is 2.31. The number of nitrogen functional groups attached to an aromatic ring is 1. The van der Waals surface area contributed by atoms with E-state index in [1.54, 1.807) is 0 Å². The molecule has 0 aliphatic heterocycles. The van der Waals surface area contributed by atoms with E-state index < -0.39 is 16.1 Å². The van der Waals surface area contributed by atoms with E-state index in [0.717, 1.165) is 6.42 Å². The molecule has 1 rings (SSSR count). The minimum Gasteiger partial charge on any atom is -0.398 e. The van der Waals surface area contributed by atoms with Crippen LogP contribution in [-0.4, -0.2) is 14.5 Å². The first kappa shape index (κ1) is 16.3. The van der Waals surface area contributed by atoms with Crippen LogP contribution in [0.15, 0.2) is 21.5 Å². The van der Waals surface area contributed by atoms with Crippen LogP contribution in [0.3, 0.4) is 0 Å². The summed E-state index contributed by atoms with van der Waals surface area (Å²) in [6.45, 7) is 1.92. The first-order valence-corrected chi connectivity index (χ1v) is 8.20. The molecular formula is C12H14BrClN2O2S. The van der Waals surface area contributed by atoms with Crippen molar-refractivity contribution in [3.63, 3.8) is 0 Å². The van der Waals surface area contributed by atoms with Crippen molar-refractivity contribution in [1.29, 1.82) is 0 Å². The zero-order valence-electron chi connectivity index (χ0n) is 10.3. The largest absolute Gasteiger partial charge is 0.398 e. The predicted octanol–water partition coefficient (Wildman–Crippen LogP) is 2.76. The summed E-state index contributed by atoms with van der Waals surface area (Å²) in [6, 6.07) is 2.24. The minimum absolute atomic E-state index is 0.0196. The molecule has 1 atom stereocenters. The van der Waals surface area contributed by atoms with Gasteiger partial charge in [-0.05, 0) is 34.5 Å². The average molecular weight is 366 g/mol. The fourth-order valence-corrected chi connectivity index (χ4v) is 3.98. The molecule has 104 valence electrons. The lowest BCUT2D eigenvalue weighted by molar-refractivity contribution is 0.564. The second-order valence-corrected chi connectivity index (χ2v) is 6.85. The third-order valence-corrected chi connectivity index (χ3v) is 5.26. The molecule has 7 heteroatoms. The van der Waals surface area contributed by atoms with Crippen LogP contribution >= 0.6 is 27.5 Å². The maximum Gasteiger partial charge on any atom is 0.242 e. The molecule has 3 N–H and O–H groups in total. The van der Waals surface area contributed by atoms with Gasteiger partial charge in [-0.15, -0.1) is 6.42 Å². The van der Waals surface area contributed by atoms with Crippen molar-refractivity contribution in [2.24, 2.45) is 0 Å². The molecule has 0 spiro atoms. The molecule has 1 aromatic carbocycles. The van der Waals surface area contributed by atoms with Gasteiger partial charge in [0, 0.05) is 10.7 Å². The van der Waals surface area contributed by atoms with Crippen LogP contribution in [0.5, 0.6) is 0 Å².